The molecule has 3 heteroatoms. The molecular weight excluding hydrogens is 208 g/mol. The van der Waals surface area contributed by atoms with Gasteiger partial charge in [0, 0.05) is 15.0 Å². The molecule has 0 radical (unpaired) electrons. The molecule has 0 spiro atoms. The molecule has 2 nitrogen and oxygen atoms in total. The van der Waals surface area contributed by atoms with Crippen molar-refractivity contribution < 1.29 is 9.90 Å². The third-order valence-electron chi connectivity index (χ3n) is 2.52. The molecule has 2 rings (SSSR count). The number of carboxylic acids is 1. The summed E-state index contributed by atoms with van der Waals surface area (Å²) in [5.41, 5.74) is 2.69. The van der Waals surface area contributed by atoms with Crippen molar-refractivity contribution in [2.45, 2.75) is 20.8 Å². The fraction of sp³-hybridized carbons (Fsp3) is 0.250. The highest BCUT2D eigenvalue weighted by Gasteiger charge is 2.16. The summed E-state index contributed by atoms with van der Waals surface area (Å²) in [5, 5.41) is 10.1. The van der Waals surface area contributed by atoms with Crippen LogP contribution in [0.2, 0.25) is 0 Å². The average molecular weight is 220 g/mol. The lowest BCUT2D eigenvalue weighted by atomic mass is 10.0. The molecule has 0 aliphatic rings. The van der Waals surface area contributed by atoms with Gasteiger partial charge in [0.25, 0.3) is 0 Å². The summed E-state index contributed by atoms with van der Waals surface area (Å²) in [7, 11) is 0. The first-order valence-corrected chi connectivity index (χ1v) is 5.56. The molecule has 1 heterocycles. The fourth-order valence-corrected chi connectivity index (χ4v) is 3.21. The SMILES string of the molecule is Cc1cc(C)c2c(C(=O)O)c(C)sc2c1. The Kier molecular flexibility index (Phi) is 2.27. The fourth-order valence-electron chi connectivity index (χ4n) is 1.98. The van der Waals surface area contributed by atoms with Gasteiger partial charge in [0.15, 0.2) is 0 Å². The summed E-state index contributed by atoms with van der Waals surface area (Å²) in [4.78, 5) is 12.0. The topological polar surface area (TPSA) is 37.3 Å². The number of aromatic carboxylic acids is 1. The molecule has 0 amide bonds. The number of hydrogen-bond donors (Lipinski definition) is 1. The monoisotopic (exact) mass is 220 g/mol. The van der Waals surface area contributed by atoms with Crippen molar-refractivity contribution >= 4 is 27.4 Å². The molecule has 15 heavy (non-hydrogen) atoms. The molecule has 0 aliphatic heterocycles. The minimum atomic E-state index is -0.828. The number of carboxylic acid groups (broad SMARTS) is 1. The molecule has 2 aromatic rings. The second-order valence-electron chi connectivity index (χ2n) is 3.79. The van der Waals surface area contributed by atoms with Crippen LogP contribution in [0.4, 0.5) is 0 Å². The van der Waals surface area contributed by atoms with E-state index in [2.05, 4.69) is 0 Å². The lowest BCUT2D eigenvalue weighted by Crippen LogP contribution is -1.97. The molecule has 0 bridgehead atoms. The maximum absolute atomic E-state index is 11.1. The highest BCUT2D eigenvalue weighted by atomic mass is 32.1. The minimum Gasteiger partial charge on any atom is -0.478 e. The Morgan fingerprint density at radius 1 is 1.27 bits per heavy atom. The summed E-state index contributed by atoms with van der Waals surface area (Å²) >= 11 is 1.55. The van der Waals surface area contributed by atoms with E-state index in [1.807, 2.05) is 32.9 Å². The van der Waals surface area contributed by atoms with E-state index in [0.29, 0.717) is 5.56 Å². The van der Waals surface area contributed by atoms with Crippen LogP contribution < -0.4 is 0 Å². The Hall–Kier alpha value is -1.35. The Morgan fingerprint density at radius 3 is 2.53 bits per heavy atom. The third-order valence-corrected chi connectivity index (χ3v) is 3.57. The predicted molar refractivity (Wildman–Crippen MR) is 63.0 cm³/mol. The van der Waals surface area contributed by atoms with Crippen LogP contribution in [0.15, 0.2) is 12.1 Å². The van der Waals surface area contributed by atoms with Crippen LogP contribution in [0.25, 0.3) is 10.1 Å². The molecule has 0 aliphatic carbocycles. The van der Waals surface area contributed by atoms with Gasteiger partial charge in [-0.15, -0.1) is 11.3 Å². The van der Waals surface area contributed by atoms with Crippen LogP contribution in [0, 0.1) is 20.8 Å². The minimum absolute atomic E-state index is 0.465. The smallest absolute Gasteiger partial charge is 0.337 e. The molecule has 1 aromatic carbocycles. The van der Waals surface area contributed by atoms with E-state index in [4.69, 9.17) is 5.11 Å². The first kappa shape index (κ1) is 10.2. The quantitative estimate of drug-likeness (QED) is 0.798. The number of aryl methyl sites for hydroxylation is 3. The van der Waals surface area contributed by atoms with Gasteiger partial charge in [-0.25, -0.2) is 4.79 Å². The molecule has 1 aromatic heterocycles. The summed E-state index contributed by atoms with van der Waals surface area (Å²) in [6.45, 7) is 5.86. The van der Waals surface area contributed by atoms with Crippen molar-refractivity contribution in [2.24, 2.45) is 0 Å². The van der Waals surface area contributed by atoms with Gasteiger partial charge in [-0.3, -0.25) is 0 Å². The number of carbonyl (C=O) groups is 1. The van der Waals surface area contributed by atoms with E-state index in [9.17, 15) is 4.79 Å². The first-order chi connectivity index (χ1) is 7.00. The van der Waals surface area contributed by atoms with Gasteiger partial charge in [-0.1, -0.05) is 6.07 Å². The van der Waals surface area contributed by atoms with Crippen molar-refractivity contribution in [3.8, 4) is 0 Å². The Labute approximate surface area is 92.2 Å². The van der Waals surface area contributed by atoms with Crippen LogP contribution in [0.1, 0.15) is 26.4 Å². The molecule has 0 fully saturated rings. The van der Waals surface area contributed by atoms with E-state index < -0.39 is 5.97 Å². The molecule has 0 unspecified atom stereocenters. The van der Waals surface area contributed by atoms with Gasteiger partial charge < -0.3 is 5.11 Å². The van der Waals surface area contributed by atoms with E-state index in [0.717, 1.165) is 20.5 Å². The molecule has 0 saturated carbocycles. The normalized spacial score (nSPS) is 10.9. The zero-order valence-corrected chi connectivity index (χ0v) is 9.73. The van der Waals surface area contributed by atoms with Crippen LogP contribution in [-0.4, -0.2) is 11.1 Å². The van der Waals surface area contributed by atoms with Crippen molar-refractivity contribution in [3.05, 3.63) is 33.7 Å². The first-order valence-electron chi connectivity index (χ1n) is 4.74. The molecular formula is C12H12O2S. The van der Waals surface area contributed by atoms with Crippen LogP contribution >= 0.6 is 11.3 Å². The molecule has 0 saturated heterocycles. The van der Waals surface area contributed by atoms with Gasteiger partial charge in [0.1, 0.15) is 0 Å². The Morgan fingerprint density at radius 2 is 1.93 bits per heavy atom. The van der Waals surface area contributed by atoms with Crippen LogP contribution in [-0.2, 0) is 0 Å². The van der Waals surface area contributed by atoms with Crippen molar-refractivity contribution in [3.63, 3.8) is 0 Å². The summed E-state index contributed by atoms with van der Waals surface area (Å²) < 4.78 is 1.07. The van der Waals surface area contributed by atoms with E-state index in [1.165, 1.54) is 5.56 Å². The van der Waals surface area contributed by atoms with Crippen molar-refractivity contribution in [2.75, 3.05) is 0 Å². The van der Waals surface area contributed by atoms with Gasteiger partial charge >= 0.3 is 5.97 Å². The van der Waals surface area contributed by atoms with Crippen molar-refractivity contribution in [1.82, 2.24) is 0 Å². The van der Waals surface area contributed by atoms with E-state index in [1.54, 1.807) is 11.3 Å². The van der Waals surface area contributed by atoms with Gasteiger partial charge in [-0.2, -0.15) is 0 Å². The number of thiophene rings is 1. The number of benzene rings is 1. The second kappa shape index (κ2) is 3.35. The number of fused-ring (bicyclic) bond motifs is 1. The lowest BCUT2D eigenvalue weighted by Gasteiger charge is -2.00. The summed E-state index contributed by atoms with van der Waals surface area (Å²) in [5.74, 6) is -0.828. The standard InChI is InChI=1S/C12H12O2S/c1-6-4-7(2)10-9(5-6)15-8(3)11(10)12(13)14/h4-5H,1-3H3,(H,13,14). The largest absolute Gasteiger partial charge is 0.478 e. The zero-order chi connectivity index (χ0) is 11.2. The zero-order valence-electron chi connectivity index (χ0n) is 8.92. The lowest BCUT2D eigenvalue weighted by molar-refractivity contribution is 0.0699. The molecule has 0 atom stereocenters. The second-order valence-corrected chi connectivity index (χ2v) is 5.05. The Bertz CT molecular complexity index is 552. The van der Waals surface area contributed by atoms with Crippen LogP contribution in [0.3, 0.4) is 0 Å². The molecule has 1 N–H and O–H groups in total. The van der Waals surface area contributed by atoms with E-state index >= 15 is 0 Å². The maximum Gasteiger partial charge on any atom is 0.337 e. The number of rotatable bonds is 1. The number of hydrogen-bond acceptors (Lipinski definition) is 2. The van der Waals surface area contributed by atoms with Crippen molar-refractivity contribution in [1.29, 1.82) is 0 Å². The van der Waals surface area contributed by atoms with Crippen LogP contribution in [0.5, 0.6) is 0 Å². The highest BCUT2D eigenvalue weighted by Crippen LogP contribution is 2.33. The van der Waals surface area contributed by atoms with Gasteiger partial charge in [0.2, 0.25) is 0 Å². The molecule has 78 valence electrons. The summed E-state index contributed by atoms with van der Waals surface area (Å²) in [6, 6.07) is 4.08. The van der Waals surface area contributed by atoms with Gasteiger partial charge in [0.05, 0.1) is 5.56 Å². The Balaban J connectivity index is 2.93. The van der Waals surface area contributed by atoms with E-state index in [-0.39, 0.29) is 0 Å². The van der Waals surface area contributed by atoms with Gasteiger partial charge in [-0.05, 0) is 38.0 Å². The maximum atomic E-state index is 11.1. The highest BCUT2D eigenvalue weighted by molar-refractivity contribution is 7.19. The predicted octanol–water partition coefficient (Wildman–Crippen LogP) is 3.52. The average Bonchev–Trinajstić information content (AvgIpc) is 2.40. The summed E-state index contributed by atoms with van der Waals surface area (Å²) in [6.07, 6.45) is 0. The third kappa shape index (κ3) is 1.53.